The van der Waals surface area contributed by atoms with Crippen molar-refractivity contribution in [3.8, 4) is 5.75 Å². The van der Waals surface area contributed by atoms with Gasteiger partial charge in [-0.3, -0.25) is 10.1 Å². The molecule has 3 heterocycles. The van der Waals surface area contributed by atoms with E-state index >= 15 is 0 Å². The van der Waals surface area contributed by atoms with Gasteiger partial charge in [0.2, 0.25) is 0 Å². The van der Waals surface area contributed by atoms with Crippen LogP contribution in [0.3, 0.4) is 0 Å². The highest BCUT2D eigenvalue weighted by atomic mass is 16.6. The van der Waals surface area contributed by atoms with Gasteiger partial charge < -0.3 is 20.1 Å². The SMILES string of the molecule is COc1cc(N2CCc3c(ncnc3Nc3ccc(C(C)(C)O)cn3)C2)ccc1[N+](=O)[O-]. The first kappa shape index (κ1) is 21.4. The maximum atomic E-state index is 11.2. The Bertz CT molecular complexity index is 1140. The van der Waals surface area contributed by atoms with Gasteiger partial charge in [0.25, 0.3) is 0 Å². The molecule has 10 nitrogen and oxygen atoms in total. The maximum Gasteiger partial charge on any atom is 0.311 e. The van der Waals surface area contributed by atoms with Gasteiger partial charge in [-0.15, -0.1) is 0 Å². The Morgan fingerprint density at radius 3 is 2.69 bits per heavy atom. The molecule has 0 saturated heterocycles. The van der Waals surface area contributed by atoms with E-state index in [1.54, 1.807) is 38.2 Å². The normalized spacial score (nSPS) is 13.4. The lowest BCUT2D eigenvalue weighted by atomic mass is 10.0. The van der Waals surface area contributed by atoms with E-state index in [0.717, 1.165) is 22.5 Å². The molecule has 3 aromatic rings. The van der Waals surface area contributed by atoms with E-state index < -0.39 is 10.5 Å². The first-order valence-electron chi connectivity index (χ1n) is 10.1. The van der Waals surface area contributed by atoms with Crippen molar-refractivity contribution in [2.45, 2.75) is 32.4 Å². The highest BCUT2D eigenvalue weighted by Crippen LogP contribution is 2.34. The molecule has 0 aliphatic carbocycles. The number of hydrogen-bond donors (Lipinski definition) is 2. The number of aromatic nitrogens is 3. The molecule has 4 rings (SSSR count). The van der Waals surface area contributed by atoms with Gasteiger partial charge in [0.05, 0.1) is 29.9 Å². The molecule has 0 fully saturated rings. The fourth-order valence-electron chi connectivity index (χ4n) is 3.65. The van der Waals surface area contributed by atoms with Gasteiger partial charge in [0.15, 0.2) is 5.75 Å². The lowest BCUT2D eigenvalue weighted by molar-refractivity contribution is -0.385. The van der Waals surface area contributed by atoms with Gasteiger partial charge >= 0.3 is 5.69 Å². The third-order valence-electron chi connectivity index (χ3n) is 5.45. The van der Waals surface area contributed by atoms with Crippen molar-refractivity contribution in [2.24, 2.45) is 0 Å². The van der Waals surface area contributed by atoms with Gasteiger partial charge in [-0.1, -0.05) is 6.07 Å². The quantitative estimate of drug-likeness (QED) is 0.442. The van der Waals surface area contributed by atoms with Crippen LogP contribution in [-0.4, -0.2) is 38.6 Å². The molecule has 2 aromatic heterocycles. The maximum absolute atomic E-state index is 11.2. The van der Waals surface area contributed by atoms with E-state index in [0.29, 0.717) is 31.1 Å². The lowest BCUT2D eigenvalue weighted by Crippen LogP contribution is -2.31. The number of rotatable bonds is 6. The summed E-state index contributed by atoms with van der Waals surface area (Å²) in [6.07, 6.45) is 3.84. The summed E-state index contributed by atoms with van der Waals surface area (Å²) < 4.78 is 5.20. The van der Waals surface area contributed by atoms with Crippen LogP contribution in [-0.2, 0) is 18.6 Å². The number of anilines is 3. The molecule has 0 spiro atoms. The predicted octanol–water partition coefficient (Wildman–Crippen LogP) is 3.32. The molecule has 1 aromatic carbocycles. The van der Waals surface area contributed by atoms with Crippen LogP contribution in [0.1, 0.15) is 30.7 Å². The topological polar surface area (TPSA) is 127 Å². The summed E-state index contributed by atoms with van der Waals surface area (Å²) in [6.45, 7) is 4.66. The number of ether oxygens (including phenoxy) is 1. The molecule has 0 bridgehead atoms. The van der Waals surface area contributed by atoms with Crippen molar-refractivity contribution in [2.75, 3.05) is 23.9 Å². The Morgan fingerprint density at radius 2 is 2.03 bits per heavy atom. The largest absolute Gasteiger partial charge is 0.490 e. The van der Waals surface area contributed by atoms with Crippen molar-refractivity contribution < 1.29 is 14.8 Å². The van der Waals surface area contributed by atoms with Crippen LogP contribution >= 0.6 is 0 Å². The molecule has 0 saturated carbocycles. The highest BCUT2D eigenvalue weighted by molar-refractivity contribution is 5.62. The molecule has 1 aliphatic heterocycles. The van der Waals surface area contributed by atoms with Crippen LogP contribution in [0.25, 0.3) is 0 Å². The van der Waals surface area contributed by atoms with Crippen molar-refractivity contribution >= 4 is 23.0 Å². The molecule has 0 radical (unpaired) electrons. The molecule has 0 unspecified atom stereocenters. The second-order valence-electron chi connectivity index (χ2n) is 8.05. The Kier molecular flexibility index (Phi) is 5.62. The van der Waals surface area contributed by atoms with Crippen molar-refractivity contribution in [1.82, 2.24) is 15.0 Å². The van der Waals surface area contributed by atoms with E-state index in [1.807, 2.05) is 6.07 Å². The van der Waals surface area contributed by atoms with Crippen LogP contribution in [0.5, 0.6) is 5.75 Å². The number of hydrogen-bond acceptors (Lipinski definition) is 9. The minimum atomic E-state index is -0.955. The number of benzene rings is 1. The molecule has 10 heteroatoms. The van der Waals surface area contributed by atoms with Crippen LogP contribution in [0.15, 0.2) is 42.9 Å². The number of methoxy groups -OCH3 is 1. The number of nitro benzene ring substituents is 1. The van der Waals surface area contributed by atoms with Crippen LogP contribution in [0, 0.1) is 10.1 Å². The van der Waals surface area contributed by atoms with Gasteiger partial charge in [-0.05, 0) is 32.4 Å². The van der Waals surface area contributed by atoms with Crippen LogP contribution in [0.2, 0.25) is 0 Å². The van der Waals surface area contributed by atoms with Crippen molar-refractivity contribution in [1.29, 1.82) is 0 Å². The van der Waals surface area contributed by atoms with Crippen LogP contribution in [0.4, 0.5) is 23.0 Å². The summed E-state index contributed by atoms with van der Waals surface area (Å²) >= 11 is 0. The van der Waals surface area contributed by atoms with E-state index in [2.05, 4.69) is 25.2 Å². The van der Waals surface area contributed by atoms with Gasteiger partial charge in [0.1, 0.15) is 18.0 Å². The number of aliphatic hydroxyl groups is 1. The zero-order valence-electron chi connectivity index (χ0n) is 18.1. The van der Waals surface area contributed by atoms with Gasteiger partial charge in [-0.25, -0.2) is 15.0 Å². The Hall–Kier alpha value is -3.79. The molecule has 2 N–H and O–H groups in total. The summed E-state index contributed by atoms with van der Waals surface area (Å²) in [6, 6.07) is 8.49. The van der Waals surface area contributed by atoms with Crippen LogP contribution < -0.4 is 15.0 Å². The Morgan fingerprint density at radius 1 is 1.22 bits per heavy atom. The summed E-state index contributed by atoms with van der Waals surface area (Å²) in [4.78, 5) is 26.0. The molecular weight excluding hydrogens is 412 g/mol. The zero-order valence-corrected chi connectivity index (χ0v) is 18.1. The summed E-state index contributed by atoms with van der Waals surface area (Å²) in [5, 5.41) is 24.5. The number of pyridine rings is 1. The minimum absolute atomic E-state index is 0.0643. The highest BCUT2D eigenvalue weighted by Gasteiger charge is 2.24. The monoisotopic (exact) mass is 436 g/mol. The molecule has 1 aliphatic rings. The number of fused-ring (bicyclic) bond motifs is 1. The van der Waals surface area contributed by atoms with Crippen molar-refractivity contribution in [3.63, 3.8) is 0 Å². The molecule has 0 amide bonds. The third-order valence-corrected chi connectivity index (χ3v) is 5.45. The summed E-state index contributed by atoms with van der Waals surface area (Å²) in [5.41, 5.74) is 2.41. The fraction of sp³-hybridized carbons (Fsp3) is 0.318. The van der Waals surface area contributed by atoms with E-state index in [1.165, 1.54) is 19.5 Å². The van der Waals surface area contributed by atoms with E-state index in [4.69, 9.17) is 4.74 Å². The summed E-state index contributed by atoms with van der Waals surface area (Å²) in [5.74, 6) is 1.55. The van der Waals surface area contributed by atoms with Gasteiger partial charge in [-0.2, -0.15) is 0 Å². The Labute approximate surface area is 185 Å². The van der Waals surface area contributed by atoms with Gasteiger partial charge in [0, 0.05) is 41.7 Å². The van der Waals surface area contributed by atoms with E-state index in [9.17, 15) is 15.2 Å². The third kappa shape index (κ3) is 4.30. The zero-order chi connectivity index (χ0) is 22.9. The standard InChI is InChI=1S/C22H24N6O4/c1-22(2,29)14-4-7-20(23-11-14)26-21-16-8-9-27(12-17(16)24-13-25-21)15-5-6-18(28(30)31)19(10-15)32-3/h4-7,10-11,13,29H,8-9,12H2,1-3H3,(H,23,24,25,26). The first-order valence-corrected chi connectivity index (χ1v) is 10.1. The average Bonchev–Trinajstić information content (AvgIpc) is 2.78. The molecule has 0 atom stereocenters. The molecule has 32 heavy (non-hydrogen) atoms. The van der Waals surface area contributed by atoms with E-state index in [-0.39, 0.29) is 11.4 Å². The number of nitrogens with one attached hydrogen (secondary N) is 1. The summed E-state index contributed by atoms with van der Waals surface area (Å²) in [7, 11) is 1.42. The van der Waals surface area contributed by atoms with Crippen molar-refractivity contribution in [3.05, 3.63) is 69.8 Å². The first-order chi connectivity index (χ1) is 15.3. The smallest absolute Gasteiger partial charge is 0.311 e. The molecular formula is C22H24N6O4. The fourth-order valence-corrected chi connectivity index (χ4v) is 3.65. The predicted molar refractivity (Wildman–Crippen MR) is 119 cm³/mol. The lowest BCUT2D eigenvalue weighted by Gasteiger charge is -2.30. The number of nitrogens with zero attached hydrogens (tertiary/aromatic N) is 5. The average molecular weight is 436 g/mol. The second kappa shape index (κ2) is 8.39. The number of nitro groups is 1. The second-order valence-corrected chi connectivity index (χ2v) is 8.05. The minimum Gasteiger partial charge on any atom is -0.490 e. The Balaban J connectivity index is 1.55. The molecule has 166 valence electrons.